The van der Waals surface area contributed by atoms with Crippen LogP contribution in [0.2, 0.25) is 0 Å². The quantitative estimate of drug-likeness (QED) is 0.676. The van der Waals surface area contributed by atoms with Crippen LogP contribution < -0.4 is 0 Å². The van der Waals surface area contributed by atoms with Gasteiger partial charge in [0.15, 0.2) is 5.69 Å². The van der Waals surface area contributed by atoms with Gasteiger partial charge in [-0.05, 0) is 32.6 Å². The Morgan fingerprint density at radius 1 is 1.42 bits per heavy atom. The smallest absolute Gasteiger partial charge is 0.358 e. The van der Waals surface area contributed by atoms with E-state index in [2.05, 4.69) is 4.98 Å². The third kappa shape index (κ3) is 4.55. The molecule has 104 valence electrons. The van der Waals surface area contributed by atoms with Crippen molar-refractivity contribution in [3.63, 3.8) is 0 Å². The van der Waals surface area contributed by atoms with Crippen molar-refractivity contribution < 1.29 is 19.4 Å². The van der Waals surface area contributed by atoms with Crippen LogP contribution in [0.4, 0.5) is 0 Å². The highest BCUT2D eigenvalue weighted by atomic mass is 32.2. The predicted molar refractivity (Wildman–Crippen MR) is 72.8 cm³/mol. The number of carbonyl (C=O) groups is 2. The maximum atomic E-state index is 12.0. The van der Waals surface area contributed by atoms with Crippen molar-refractivity contribution >= 4 is 23.7 Å². The Bertz CT molecular complexity index is 494. The van der Waals surface area contributed by atoms with E-state index in [1.54, 1.807) is 20.8 Å². The lowest BCUT2D eigenvalue weighted by Crippen LogP contribution is -2.25. The minimum Gasteiger partial charge on any atom is -0.478 e. The fraction of sp³-hybridized carbons (Fsp3) is 0.462. The minimum atomic E-state index is -1.07. The highest BCUT2D eigenvalue weighted by Gasteiger charge is 2.22. The zero-order chi connectivity index (χ0) is 14.6. The molecule has 0 atom stereocenters. The molecule has 0 bridgehead atoms. The van der Waals surface area contributed by atoms with Crippen molar-refractivity contribution in [2.24, 2.45) is 0 Å². The Balaban J connectivity index is 3.12. The van der Waals surface area contributed by atoms with Gasteiger partial charge < -0.3 is 9.84 Å². The average molecular weight is 283 g/mol. The van der Waals surface area contributed by atoms with Gasteiger partial charge >= 0.3 is 11.9 Å². The van der Waals surface area contributed by atoms with Crippen LogP contribution >= 0.6 is 11.8 Å². The number of hydrogen-bond acceptors (Lipinski definition) is 5. The topological polar surface area (TPSA) is 76.5 Å². The van der Waals surface area contributed by atoms with E-state index in [0.717, 1.165) is 0 Å². The van der Waals surface area contributed by atoms with Gasteiger partial charge in [0, 0.05) is 11.1 Å². The lowest BCUT2D eigenvalue weighted by Gasteiger charge is -2.20. The van der Waals surface area contributed by atoms with Crippen LogP contribution in [-0.2, 0) is 4.74 Å². The number of rotatable bonds is 4. The van der Waals surface area contributed by atoms with Gasteiger partial charge in [-0.3, -0.25) is 0 Å². The Morgan fingerprint density at radius 3 is 2.53 bits per heavy atom. The summed E-state index contributed by atoms with van der Waals surface area (Å²) in [5, 5.41) is 8.93. The van der Waals surface area contributed by atoms with E-state index < -0.39 is 17.5 Å². The summed E-state index contributed by atoms with van der Waals surface area (Å²) in [7, 11) is 0. The van der Waals surface area contributed by atoms with E-state index in [9.17, 15) is 9.59 Å². The third-order valence-electron chi connectivity index (χ3n) is 1.99. The van der Waals surface area contributed by atoms with Crippen LogP contribution in [0, 0.1) is 0 Å². The molecule has 0 saturated heterocycles. The largest absolute Gasteiger partial charge is 0.478 e. The Hall–Kier alpha value is -1.56. The Morgan fingerprint density at radius 2 is 2.05 bits per heavy atom. The Labute approximate surface area is 116 Å². The molecule has 1 aromatic heterocycles. The maximum absolute atomic E-state index is 12.0. The van der Waals surface area contributed by atoms with Crippen LogP contribution in [0.3, 0.4) is 0 Å². The normalized spacial score (nSPS) is 11.2. The van der Waals surface area contributed by atoms with Gasteiger partial charge in [-0.15, -0.1) is 11.8 Å². The first-order valence-electron chi connectivity index (χ1n) is 5.84. The maximum Gasteiger partial charge on any atom is 0.358 e. The van der Waals surface area contributed by atoms with Gasteiger partial charge in [-0.2, -0.15) is 0 Å². The summed E-state index contributed by atoms with van der Waals surface area (Å²) in [6.07, 6.45) is 1.17. The second-order valence-corrected chi connectivity index (χ2v) is 6.12. The molecule has 1 N–H and O–H groups in total. The SMILES string of the molecule is CCSc1cc(C(=O)O)cnc1C(=O)OC(C)(C)C. The summed E-state index contributed by atoms with van der Waals surface area (Å²) in [4.78, 5) is 27.3. The van der Waals surface area contributed by atoms with Crippen molar-refractivity contribution in [3.05, 3.63) is 23.5 Å². The second-order valence-electron chi connectivity index (χ2n) is 4.81. The molecule has 0 spiro atoms. The summed E-state index contributed by atoms with van der Waals surface area (Å²) in [5.41, 5.74) is -0.395. The van der Waals surface area contributed by atoms with Gasteiger partial charge in [0.2, 0.25) is 0 Å². The first kappa shape index (κ1) is 15.5. The third-order valence-corrected chi connectivity index (χ3v) is 2.90. The van der Waals surface area contributed by atoms with Crippen molar-refractivity contribution in [2.45, 2.75) is 38.2 Å². The predicted octanol–water partition coefficient (Wildman–Crippen LogP) is 2.85. The molecular weight excluding hydrogens is 266 g/mol. The highest BCUT2D eigenvalue weighted by molar-refractivity contribution is 7.99. The van der Waals surface area contributed by atoms with Gasteiger partial charge in [-0.1, -0.05) is 6.92 Å². The van der Waals surface area contributed by atoms with Crippen molar-refractivity contribution in [1.82, 2.24) is 4.98 Å². The fourth-order valence-electron chi connectivity index (χ4n) is 1.31. The monoisotopic (exact) mass is 283 g/mol. The van der Waals surface area contributed by atoms with E-state index in [0.29, 0.717) is 10.6 Å². The molecular formula is C13H17NO4S. The van der Waals surface area contributed by atoms with Gasteiger partial charge in [0.05, 0.1) is 5.56 Å². The number of carboxylic acid groups (broad SMARTS) is 1. The molecule has 1 aromatic rings. The molecule has 0 saturated carbocycles. The Kier molecular flexibility index (Phi) is 4.94. The van der Waals surface area contributed by atoms with E-state index >= 15 is 0 Å². The number of ether oxygens (including phenoxy) is 1. The average Bonchev–Trinajstić information content (AvgIpc) is 2.26. The lowest BCUT2D eigenvalue weighted by atomic mass is 10.2. The van der Waals surface area contributed by atoms with E-state index in [1.807, 2.05) is 6.92 Å². The zero-order valence-corrected chi connectivity index (χ0v) is 12.2. The van der Waals surface area contributed by atoms with Crippen LogP contribution in [-0.4, -0.2) is 33.4 Å². The zero-order valence-electron chi connectivity index (χ0n) is 11.4. The van der Waals surface area contributed by atoms with Gasteiger partial charge in [0.1, 0.15) is 5.60 Å². The number of thioether (sulfide) groups is 1. The second kappa shape index (κ2) is 6.06. The van der Waals surface area contributed by atoms with Crippen molar-refractivity contribution in [1.29, 1.82) is 0 Å². The molecule has 1 heterocycles. The molecule has 19 heavy (non-hydrogen) atoms. The van der Waals surface area contributed by atoms with E-state index in [-0.39, 0.29) is 11.3 Å². The molecule has 0 aliphatic rings. The van der Waals surface area contributed by atoms with Crippen LogP contribution in [0.1, 0.15) is 48.5 Å². The standard InChI is InChI=1S/C13H17NO4S/c1-5-19-9-6-8(11(15)16)7-14-10(9)12(17)18-13(2,3)4/h6-7H,5H2,1-4H3,(H,15,16). The molecule has 0 unspecified atom stereocenters. The number of hydrogen-bond donors (Lipinski definition) is 1. The number of pyridine rings is 1. The van der Waals surface area contributed by atoms with Crippen LogP contribution in [0.5, 0.6) is 0 Å². The number of aromatic nitrogens is 1. The van der Waals surface area contributed by atoms with Gasteiger partial charge in [-0.25, -0.2) is 14.6 Å². The molecule has 0 radical (unpaired) electrons. The number of esters is 1. The fourth-order valence-corrected chi connectivity index (χ4v) is 2.10. The van der Waals surface area contributed by atoms with Crippen LogP contribution in [0.15, 0.2) is 17.2 Å². The molecule has 5 nitrogen and oxygen atoms in total. The number of nitrogens with zero attached hydrogens (tertiary/aromatic N) is 1. The minimum absolute atomic E-state index is 0.0586. The molecule has 0 aliphatic heterocycles. The van der Waals surface area contributed by atoms with Crippen molar-refractivity contribution in [2.75, 3.05) is 5.75 Å². The van der Waals surface area contributed by atoms with Gasteiger partial charge in [0.25, 0.3) is 0 Å². The first-order valence-corrected chi connectivity index (χ1v) is 6.82. The molecule has 0 aromatic carbocycles. The van der Waals surface area contributed by atoms with E-state index in [1.165, 1.54) is 24.0 Å². The molecule has 0 aliphatic carbocycles. The van der Waals surface area contributed by atoms with E-state index in [4.69, 9.17) is 9.84 Å². The summed E-state index contributed by atoms with van der Waals surface area (Å²) in [5.74, 6) is -0.901. The molecule has 0 fully saturated rings. The summed E-state index contributed by atoms with van der Waals surface area (Å²) in [6, 6.07) is 1.45. The lowest BCUT2D eigenvalue weighted by molar-refractivity contribution is 0.00579. The number of carboxylic acids is 1. The molecule has 6 heteroatoms. The number of carbonyl (C=O) groups excluding carboxylic acids is 1. The van der Waals surface area contributed by atoms with Crippen molar-refractivity contribution in [3.8, 4) is 0 Å². The summed E-state index contributed by atoms with van der Waals surface area (Å²) >= 11 is 1.36. The first-order chi connectivity index (χ1) is 8.74. The number of aromatic carboxylic acids is 1. The van der Waals surface area contributed by atoms with Crippen LogP contribution in [0.25, 0.3) is 0 Å². The highest BCUT2D eigenvalue weighted by Crippen LogP contribution is 2.24. The summed E-state index contributed by atoms with van der Waals surface area (Å²) in [6.45, 7) is 7.21. The molecule has 0 amide bonds. The summed E-state index contributed by atoms with van der Waals surface area (Å²) < 4.78 is 5.25. The molecule has 1 rings (SSSR count).